The lowest BCUT2D eigenvalue weighted by atomic mass is 9.99. The zero-order valence-corrected chi connectivity index (χ0v) is 19.3. The number of carbonyl (C=O) groups is 2. The molecule has 1 aliphatic heterocycles. The molecule has 0 atom stereocenters. The second-order valence-electron chi connectivity index (χ2n) is 8.70. The minimum atomic E-state index is -0.290. The van der Waals surface area contributed by atoms with E-state index in [0.29, 0.717) is 24.2 Å². The molecule has 0 fully saturated rings. The summed E-state index contributed by atoms with van der Waals surface area (Å²) in [7, 11) is 0. The summed E-state index contributed by atoms with van der Waals surface area (Å²) >= 11 is 0. The summed E-state index contributed by atoms with van der Waals surface area (Å²) < 4.78 is 0. The number of nitrogens with zero attached hydrogens (tertiary/aromatic N) is 1. The molecule has 0 aromatic heterocycles. The van der Waals surface area contributed by atoms with E-state index in [1.54, 1.807) is 0 Å². The van der Waals surface area contributed by atoms with Crippen LogP contribution in [0, 0.1) is 13.8 Å². The highest BCUT2D eigenvalue weighted by Gasteiger charge is 2.39. The minimum Gasteiger partial charge on any atom is -0.350 e. The van der Waals surface area contributed by atoms with E-state index >= 15 is 0 Å². The van der Waals surface area contributed by atoms with Crippen LogP contribution in [0.2, 0.25) is 0 Å². The van der Waals surface area contributed by atoms with E-state index in [0.717, 1.165) is 38.7 Å². The SMILES string of the molecule is Cc1ccc(C2=C(Nc3cccc4ccccc34)C(=O)N(CCc3ccccc3)C2=O)cc1C. The summed E-state index contributed by atoms with van der Waals surface area (Å²) in [6, 6.07) is 29.8. The van der Waals surface area contributed by atoms with Crippen molar-refractivity contribution in [1.29, 1.82) is 0 Å². The van der Waals surface area contributed by atoms with Gasteiger partial charge in [-0.15, -0.1) is 0 Å². The molecule has 0 radical (unpaired) electrons. The van der Waals surface area contributed by atoms with E-state index in [2.05, 4.69) is 5.32 Å². The Labute approximate surface area is 199 Å². The van der Waals surface area contributed by atoms with Crippen molar-refractivity contribution in [1.82, 2.24) is 4.90 Å². The Morgan fingerprint density at radius 3 is 2.26 bits per heavy atom. The van der Waals surface area contributed by atoms with Gasteiger partial charge < -0.3 is 5.32 Å². The molecule has 34 heavy (non-hydrogen) atoms. The number of fused-ring (bicyclic) bond motifs is 1. The second kappa shape index (κ2) is 8.99. The van der Waals surface area contributed by atoms with E-state index in [9.17, 15) is 9.59 Å². The Bertz CT molecular complexity index is 1430. The van der Waals surface area contributed by atoms with Crippen LogP contribution < -0.4 is 5.32 Å². The van der Waals surface area contributed by atoms with Gasteiger partial charge in [0, 0.05) is 17.6 Å². The summed E-state index contributed by atoms with van der Waals surface area (Å²) in [5.41, 5.74) is 5.63. The highest BCUT2D eigenvalue weighted by atomic mass is 16.2. The molecule has 0 saturated heterocycles. The predicted molar refractivity (Wildman–Crippen MR) is 137 cm³/mol. The predicted octanol–water partition coefficient (Wildman–Crippen LogP) is 5.89. The lowest BCUT2D eigenvalue weighted by Crippen LogP contribution is -2.34. The highest BCUT2D eigenvalue weighted by molar-refractivity contribution is 6.36. The third kappa shape index (κ3) is 3.99. The van der Waals surface area contributed by atoms with Gasteiger partial charge in [0.05, 0.1) is 5.57 Å². The molecule has 4 aromatic carbocycles. The molecule has 0 aliphatic carbocycles. The summed E-state index contributed by atoms with van der Waals surface area (Å²) in [5.74, 6) is -0.547. The Kier molecular flexibility index (Phi) is 5.72. The number of rotatable bonds is 6. The first-order valence-electron chi connectivity index (χ1n) is 11.5. The lowest BCUT2D eigenvalue weighted by Gasteiger charge is -2.16. The van der Waals surface area contributed by atoms with E-state index in [1.165, 1.54) is 4.90 Å². The molecule has 4 aromatic rings. The van der Waals surface area contributed by atoms with Crippen molar-refractivity contribution in [3.05, 3.63) is 119 Å². The number of imide groups is 1. The first kappa shape index (κ1) is 21.7. The molecule has 4 nitrogen and oxygen atoms in total. The fraction of sp³-hybridized carbons (Fsp3) is 0.133. The molecule has 2 amide bonds. The fourth-order valence-corrected chi connectivity index (χ4v) is 4.41. The van der Waals surface area contributed by atoms with Crippen LogP contribution >= 0.6 is 0 Å². The van der Waals surface area contributed by atoms with Crippen molar-refractivity contribution in [2.24, 2.45) is 0 Å². The number of benzene rings is 4. The van der Waals surface area contributed by atoms with E-state index in [1.807, 2.05) is 105 Å². The molecule has 0 unspecified atom stereocenters. The van der Waals surface area contributed by atoms with Crippen molar-refractivity contribution >= 4 is 33.8 Å². The quantitative estimate of drug-likeness (QED) is 0.376. The average molecular weight is 447 g/mol. The van der Waals surface area contributed by atoms with Gasteiger partial charge in [-0.3, -0.25) is 14.5 Å². The fourth-order valence-electron chi connectivity index (χ4n) is 4.41. The number of carbonyl (C=O) groups excluding carboxylic acids is 2. The zero-order valence-electron chi connectivity index (χ0n) is 19.3. The number of aryl methyl sites for hydroxylation is 2. The molecule has 5 rings (SSSR count). The van der Waals surface area contributed by atoms with Crippen molar-refractivity contribution in [3.63, 3.8) is 0 Å². The summed E-state index contributed by atoms with van der Waals surface area (Å²) in [6.45, 7) is 4.39. The smallest absolute Gasteiger partial charge is 0.278 e. The van der Waals surface area contributed by atoms with Gasteiger partial charge in [0.15, 0.2) is 0 Å². The third-order valence-electron chi connectivity index (χ3n) is 6.48. The zero-order chi connectivity index (χ0) is 23.7. The summed E-state index contributed by atoms with van der Waals surface area (Å²) in [6.07, 6.45) is 0.611. The van der Waals surface area contributed by atoms with Crippen LogP contribution in [0.4, 0.5) is 5.69 Å². The number of hydrogen-bond acceptors (Lipinski definition) is 3. The molecule has 1 heterocycles. The second-order valence-corrected chi connectivity index (χ2v) is 8.70. The molecule has 1 aliphatic rings. The molecule has 168 valence electrons. The molecule has 1 N–H and O–H groups in total. The van der Waals surface area contributed by atoms with E-state index in [4.69, 9.17) is 0 Å². The van der Waals surface area contributed by atoms with E-state index in [-0.39, 0.29) is 11.8 Å². The Hall–Kier alpha value is -4.18. The first-order valence-corrected chi connectivity index (χ1v) is 11.5. The summed E-state index contributed by atoms with van der Waals surface area (Å²) in [5, 5.41) is 5.41. The van der Waals surface area contributed by atoms with Gasteiger partial charge in [-0.25, -0.2) is 0 Å². The van der Waals surface area contributed by atoms with Crippen molar-refractivity contribution in [2.45, 2.75) is 20.3 Å². The van der Waals surface area contributed by atoms with E-state index < -0.39 is 0 Å². The van der Waals surface area contributed by atoms with Gasteiger partial charge in [0.2, 0.25) is 0 Å². The summed E-state index contributed by atoms with van der Waals surface area (Å²) in [4.78, 5) is 28.6. The van der Waals surface area contributed by atoms with Crippen LogP contribution in [0.25, 0.3) is 16.3 Å². The monoisotopic (exact) mass is 446 g/mol. The van der Waals surface area contributed by atoms with Gasteiger partial charge in [-0.05, 0) is 54.0 Å². The lowest BCUT2D eigenvalue weighted by molar-refractivity contribution is -0.136. The standard InChI is InChI=1S/C30H26N2O2/c1-20-15-16-24(19-21(20)2)27-28(31-26-14-8-12-23-11-6-7-13-25(23)26)30(34)32(29(27)33)18-17-22-9-4-3-5-10-22/h3-16,19,31H,17-18H2,1-2H3. The largest absolute Gasteiger partial charge is 0.350 e. The maximum Gasteiger partial charge on any atom is 0.278 e. The number of nitrogens with one attached hydrogen (secondary N) is 1. The van der Waals surface area contributed by atoms with Gasteiger partial charge in [0.25, 0.3) is 11.8 Å². The molecule has 0 saturated carbocycles. The molecule has 4 heteroatoms. The Morgan fingerprint density at radius 1 is 0.735 bits per heavy atom. The van der Waals surface area contributed by atoms with Gasteiger partial charge in [-0.1, -0.05) is 84.9 Å². The van der Waals surface area contributed by atoms with Crippen LogP contribution in [0.15, 0.2) is 96.7 Å². The minimum absolute atomic E-state index is 0.257. The third-order valence-corrected chi connectivity index (χ3v) is 6.48. The average Bonchev–Trinajstić information content (AvgIpc) is 3.09. The Morgan fingerprint density at radius 2 is 1.47 bits per heavy atom. The van der Waals surface area contributed by atoms with Crippen LogP contribution in [0.1, 0.15) is 22.3 Å². The van der Waals surface area contributed by atoms with Crippen molar-refractivity contribution in [2.75, 3.05) is 11.9 Å². The number of hydrogen-bond donors (Lipinski definition) is 1. The van der Waals surface area contributed by atoms with Crippen LogP contribution in [0.5, 0.6) is 0 Å². The molecular weight excluding hydrogens is 420 g/mol. The maximum atomic E-state index is 13.6. The molecule has 0 bridgehead atoms. The number of amides is 2. The van der Waals surface area contributed by atoms with Crippen molar-refractivity contribution < 1.29 is 9.59 Å². The van der Waals surface area contributed by atoms with Crippen LogP contribution in [-0.2, 0) is 16.0 Å². The first-order chi connectivity index (χ1) is 16.5. The van der Waals surface area contributed by atoms with Crippen molar-refractivity contribution in [3.8, 4) is 0 Å². The normalized spacial score (nSPS) is 13.8. The maximum absolute atomic E-state index is 13.6. The molecule has 0 spiro atoms. The van der Waals surface area contributed by atoms with Gasteiger partial charge >= 0.3 is 0 Å². The highest BCUT2D eigenvalue weighted by Crippen LogP contribution is 2.33. The Balaban J connectivity index is 1.56. The molecular formula is C30H26N2O2. The number of anilines is 1. The van der Waals surface area contributed by atoms with Gasteiger partial charge in [0.1, 0.15) is 5.70 Å². The van der Waals surface area contributed by atoms with Crippen LogP contribution in [-0.4, -0.2) is 23.3 Å². The van der Waals surface area contributed by atoms with Crippen LogP contribution in [0.3, 0.4) is 0 Å². The van der Waals surface area contributed by atoms with Gasteiger partial charge in [-0.2, -0.15) is 0 Å². The topological polar surface area (TPSA) is 49.4 Å².